The number of aliphatic hydroxyl groups is 1. The van der Waals surface area contributed by atoms with Gasteiger partial charge in [0.2, 0.25) is 0 Å². The molecule has 6 N–H and O–H groups in total. The number of nitrogens with two attached hydrogens (primary N) is 1. The van der Waals surface area contributed by atoms with Crippen molar-refractivity contribution in [3.05, 3.63) is 124 Å². The number of benzene rings is 3. The molecule has 4 aromatic rings. The average molecular weight is 775 g/mol. The number of Topliss-reactive ketones (excluding diaryl/α,β-unsaturated/α-hetero) is 1. The molecule has 0 radical (unpaired) electrons. The number of nitrogens with one attached hydrogen (secondary N) is 2. The van der Waals surface area contributed by atoms with E-state index in [-0.39, 0.29) is 29.5 Å². The Morgan fingerprint density at radius 3 is 2.35 bits per heavy atom. The number of unbranched alkanes of at least 4 members (excludes halogenated alkanes) is 2. The summed E-state index contributed by atoms with van der Waals surface area (Å²) in [6, 6.07) is 24.3. The summed E-state index contributed by atoms with van der Waals surface area (Å²) in [5.41, 5.74) is 13.6. The van der Waals surface area contributed by atoms with Crippen molar-refractivity contribution in [2.45, 2.75) is 83.5 Å². The number of anilines is 1. The highest BCUT2D eigenvalue weighted by Gasteiger charge is 2.23. The maximum atomic E-state index is 13.2. The topological polar surface area (TPSA) is 147 Å². The minimum absolute atomic E-state index is 0.0552. The SMILES string of the molecule is CNC[C@H](CCCCCC(=O)CC(=O)/C=C(\CO)c1cc(OC)c(O)cc1Cc1cnc(N)cc1CCc1cccc(CCc2ccccc2)c1)C1CCNCC1. The molecule has 0 spiro atoms. The van der Waals surface area contributed by atoms with Gasteiger partial charge in [0, 0.05) is 12.6 Å². The molecule has 0 unspecified atom stereocenters. The summed E-state index contributed by atoms with van der Waals surface area (Å²) in [7, 11) is 3.47. The first-order valence-electron chi connectivity index (χ1n) is 20.7. The number of rotatable bonds is 23. The van der Waals surface area contributed by atoms with Crippen LogP contribution in [0.25, 0.3) is 5.57 Å². The number of phenols is 1. The van der Waals surface area contributed by atoms with Crippen molar-refractivity contribution >= 4 is 23.0 Å². The zero-order chi connectivity index (χ0) is 40.4. The molecule has 1 atom stereocenters. The van der Waals surface area contributed by atoms with Crippen LogP contribution in [0.4, 0.5) is 5.82 Å². The Balaban J connectivity index is 1.22. The normalized spacial score (nSPS) is 14.1. The number of allylic oxidation sites excluding steroid dienone is 1. The fourth-order valence-electron chi connectivity index (χ4n) is 8.24. The molecule has 1 fully saturated rings. The van der Waals surface area contributed by atoms with Gasteiger partial charge in [-0.05, 0) is 165 Å². The van der Waals surface area contributed by atoms with Gasteiger partial charge in [-0.2, -0.15) is 0 Å². The zero-order valence-corrected chi connectivity index (χ0v) is 33.9. The lowest BCUT2D eigenvalue weighted by Gasteiger charge is -2.30. The first kappa shape index (κ1) is 43.3. The van der Waals surface area contributed by atoms with E-state index in [2.05, 4.69) is 64.1 Å². The van der Waals surface area contributed by atoms with Crippen LogP contribution in [0.15, 0.2) is 85.1 Å². The molecule has 2 heterocycles. The Hall–Kier alpha value is -4.83. The molecule has 1 saturated heterocycles. The van der Waals surface area contributed by atoms with Crippen LogP contribution in [0.3, 0.4) is 0 Å². The van der Waals surface area contributed by atoms with Gasteiger partial charge in [-0.3, -0.25) is 9.59 Å². The summed E-state index contributed by atoms with van der Waals surface area (Å²) in [5, 5.41) is 28.2. The number of aryl methyl sites for hydroxylation is 4. The maximum Gasteiger partial charge on any atom is 0.163 e. The fourth-order valence-corrected chi connectivity index (χ4v) is 8.24. The number of ketones is 2. The quantitative estimate of drug-likeness (QED) is 0.0299. The van der Waals surface area contributed by atoms with E-state index in [0.717, 1.165) is 88.0 Å². The summed E-state index contributed by atoms with van der Waals surface area (Å²) >= 11 is 0. The molecular formula is C48H62N4O5. The van der Waals surface area contributed by atoms with Crippen molar-refractivity contribution in [2.75, 3.05) is 46.1 Å². The summed E-state index contributed by atoms with van der Waals surface area (Å²) in [4.78, 5) is 30.5. The Kier molecular flexibility index (Phi) is 17.3. The number of piperidine rings is 1. The number of hydrogen-bond acceptors (Lipinski definition) is 9. The Bertz CT molecular complexity index is 1920. The fraction of sp³-hybridized carbons (Fsp3) is 0.438. The van der Waals surface area contributed by atoms with Gasteiger partial charge in [-0.1, -0.05) is 67.4 Å². The Labute approximate surface area is 339 Å². The zero-order valence-electron chi connectivity index (χ0n) is 33.9. The van der Waals surface area contributed by atoms with Crippen molar-refractivity contribution in [1.82, 2.24) is 15.6 Å². The number of phenolic OH excluding ortho intramolecular Hbond substituents is 1. The summed E-state index contributed by atoms with van der Waals surface area (Å²) in [6.45, 7) is 2.78. The number of ether oxygens (including phenoxy) is 1. The van der Waals surface area contributed by atoms with E-state index in [0.29, 0.717) is 41.3 Å². The first-order valence-corrected chi connectivity index (χ1v) is 20.7. The number of hydrogen-bond donors (Lipinski definition) is 5. The highest BCUT2D eigenvalue weighted by molar-refractivity contribution is 6.07. The molecule has 57 heavy (non-hydrogen) atoms. The van der Waals surface area contributed by atoms with Gasteiger partial charge in [0.25, 0.3) is 0 Å². The third-order valence-corrected chi connectivity index (χ3v) is 11.4. The molecule has 1 aliphatic rings. The lowest BCUT2D eigenvalue weighted by molar-refractivity contribution is -0.124. The van der Waals surface area contributed by atoms with Crippen molar-refractivity contribution in [3.8, 4) is 11.5 Å². The molecule has 1 aliphatic heterocycles. The molecule has 1 aromatic heterocycles. The molecule has 0 amide bonds. The van der Waals surface area contributed by atoms with E-state index in [1.54, 1.807) is 18.3 Å². The number of methoxy groups -OCH3 is 1. The van der Waals surface area contributed by atoms with Crippen LogP contribution in [0.1, 0.15) is 90.3 Å². The molecule has 5 rings (SSSR count). The van der Waals surface area contributed by atoms with E-state index in [4.69, 9.17) is 10.5 Å². The van der Waals surface area contributed by atoms with Crippen molar-refractivity contribution in [3.63, 3.8) is 0 Å². The van der Waals surface area contributed by atoms with Crippen LogP contribution >= 0.6 is 0 Å². The highest BCUT2D eigenvalue weighted by Crippen LogP contribution is 2.35. The number of pyridine rings is 1. The molecule has 0 bridgehead atoms. The highest BCUT2D eigenvalue weighted by atomic mass is 16.5. The molecule has 0 saturated carbocycles. The third kappa shape index (κ3) is 13.7. The molecule has 304 valence electrons. The van der Waals surface area contributed by atoms with Crippen LogP contribution in [-0.4, -0.2) is 67.2 Å². The van der Waals surface area contributed by atoms with Crippen molar-refractivity contribution in [1.29, 1.82) is 0 Å². The minimum atomic E-state index is -0.431. The predicted molar refractivity (Wildman–Crippen MR) is 230 cm³/mol. The number of nitrogens with zero attached hydrogens (tertiary/aromatic N) is 1. The Morgan fingerprint density at radius 2 is 1.63 bits per heavy atom. The molecular weight excluding hydrogens is 713 g/mol. The minimum Gasteiger partial charge on any atom is -0.504 e. The van der Waals surface area contributed by atoms with Crippen molar-refractivity contribution in [2.24, 2.45) is 11.8 Å². The standard InChI is InChI=1S/C48H62N4O5/c1-50-31-39(37-20-22-51-23-21-37)14-7-4-8-15-43(54)29-44(55)26-42(33-53)45-30-47(57-2)46(56)27-40(45)25-41-32-52-48(49)28-38(41)19-18-36-13-9-12-35(24-36)17-16-34-10-5-3-6-11-34/h3,5-6,9-13,24,26-28,30,32,37,39,50-51,53,56H,4,7-8,14-23,25,29,31,33H2,1-2H3,(H2,49,52)/b42-26+/t39-/m0/s1. The van der Waals surface area contributed by atoms with E-state index in [1.807, 2.05) is 19.2 Å². The van der Waals surface area contributed by atoms with Crippen LogP contribution in [0, 0.1) is 11.8 Å². The van der Waals surface area contributed by atoms with Gasteiger partial charge in [0.05, 0.1) is 20.1 Å². The second-order valence-electron chi connectivity index (χ2n) is 15.6. The van der Waals surface area contributed by atoms with E-state index in [1.165, 1.54) is 42.7 Å². The van der Waals surface area contributed by atoms with Gasteiger partial charge in [0.15, 0.2) is 17.3 Å². The van der Waals surface area contributed by atoms with Gasteiger partial charge >= 0.3 is 0 Å². The molecule has 3 aromatic carbocycles. The predicted octanol–water partition coefficient (Wildman–Crippen LogP) is 7.23. The average Bonchev–Trinajstić information content (AvgIpc) is 3.22. The summed E-state index contributed by atoms with van der Waals surface area (Å²) in [5.74, 6) is 1.53. The summed E-state index contributed by atoms with van der Waals surface area (Å²) < 4.78 is 5.43. The number of carbonyl (C=O) groups is 2. The third-order valence-electron chi connectivity index (χ3n) is 11.4. The van der Waals surface area contributed by atoms with Crippen LogP contribution in [-0.2, 0) is 41.7 Å². The lowest BCUT2D eigenvalue weighted by atomic mass is 9.81. The van der Waals surface area contributed by atoms with Crippen LogP contribution in [0.5, 0.6) is 11.5 Å². The smallest absolute Gasteiger partial charge is 0.163 e. The Morgan fingerprint density at radius 1 is 0.912 bits per heavy atom. The molecule has 9 heteroatoms. The van der Waals surface area contributed by atoms with E-state index < -0.39 is 6.61 Å². The second-order valence-corrected chi connectivity index (χ2v) is 15.6. The lowest BCUT2D eigenvalue weighted by Crippen LogP contribution is -2.35. The van der Waals surface area contributed by atoms with Crippen molar-refractivity contribution < 1.29 is 24.5 Å². The van der Waals surface area contributed by atoms with Gasteiger partial charge in [-0.15, -0.1) is 0 Å². The molecule has 0 aliphatic carbocycles. The van der Waals surface area contributed by atoms with Crippen LogP contribution < -0.4 is 21.1 Å². The van der Waals surface area contributed by atoms with Gasteiger partial charge < -0.3 is 31.3 Å². The van der Waals surface area contributed by atoms with Crippen LogP contribution in [0.2, 0.25) is 0 Å². The number of carbonyl (C=O) groups excluding carboxylic acids is 2. The summed E-state index contributed by atoms with van der Waals surface area (Å²) in [6.07, 6.45) is 13.5. The van der Waals surface area contributed by atoms with E-state index >= 15 is 0 Å². The monoisotopic (exact) mass is 774 g/mol. The number of aromatic nitrogens is 1. The van der Waals surface area contributed by atoms with Gasteiger partial charge in [0.1, 0.15) is 11.6 Å². The number of aromatic hydroxyl groups is 1. The van der Waals surface area contributed by atoms with E-state index in [9.17, 15) is 19.8 Å². The second kappa shape index (κ2) is 22.8. The number of nitrogen functional groups attached to an aromatic ring is 1. The molecule has 9 nitrogen and oxygen atoms in total. The largest absolute Gasteiger partial charge is 0.504 e. The number of aliphatic hydroxyl groups excluding tert-OH is 1. The van der Waals surface area contributed by atoms with Gasteiger partial charge in [-0.25, -0.2) is 4.98 Å². The first-order chi connectivity index (χ1) is 27.8. The maximum absolute atomic E-state index is 13.2.